The zero-order chi connectivity index (χ0) is 28.3. The number of aliphatic hydroxyl groups is 1. The fourth-order valence-electron chi connectivity index (χ4n) is 4.27. The molecule has 0 spiro atoms. The van der Waals surface area contributed by atoms with Crippen molar-refractivity contribution in [2.75, 3.05) is 38.7 Å². The van der Waals surface area contributed by atoms with Crippen LogP contribution in [0, 0.1) is 5.92 Å². The van der Waals surface area contributed by atoms with Crippen LogP contribution in [-0.4, -0.2) is 77.5 Å². The number of hydrogen-bond donors (Lipinski definition) is 3. The van der Waals surface area contributed by atoms with Crippen molar-refractivity contribution >= 4 is 35.1 Å². The highest BCUT2D eigenvalue weighted by Crippen LogP contribution is 2.34. The fourth-order valence-corrected chi connectivity index (χ4v) is 4.50. The first-order valence-corrected chi connectivity index (χ1v) is 12.6. The number of para-hydroxylation sites is 2. The molecule has 1 aliphatic heterocycles. The Kier molecular flexibility index (Phi) is 11.8. The zero-order valence-corrected chi connectivity index (χ0v) is 22.6. The van der Waals surface area contributed by atoms with E-state index in [9.17, 15) is 19.5 Å². The maximum Gasteiger partial charge on any atom is 0.328 e. The molecule has 1 aliphatic rings. The quantitative estimate of drug-likeness (QED) is 0.406. The second kappa shape index (κ2) is 14.5. The number of rotatable bonds is 9. The van der Waals surface area contributed by atoms with E-state index in [2.05, 4.69) is 11.0 Å². The minimum atomic E-state index is -1.26. The van der Waals surface area contributed by atoms with E-state index in [-0.39, 0.29) is 5.91 Å². The summed E-state index contributed by atoms with van der Waals surface area (Å²) in [5, 5.41) is 27.7. The van der Waals surface area contributed by atoms with Crippen LogP contribution in [0.2, 0.25) is 5.02 Å². The number of amides is 1. The first kappa shape index (κ1) is 30.8. The minimum Gasteiger partial charge on any atom is -0.495 e. The summed E-state index contributed by atoms with van der Waals surface area (Å²) in [6.45, 7) is 4.24. The van der Waals surface area contributed by atoms with Crippen molar-refractivity contribution in [1.82, 2.24) is 4.90 Å². The van der Waals surface area contributed by atoms with Gasteiger partial charge in [-0.3, -0.25) is 4.79 Å². The molecule has 2 aromatic carbocycles. The molecule has 0 saturated carbocycles. The highest BCUT2D eigenvalue weighted by atomic mass is 35.5. The van der Waals surface area contributed by atoms with Crippen molar-refractivity contribution in [2.45, 2.75) is 31.8 Å². The monoisotopic (exact) mass is 546 g/mol. The maximum atomic E-state index is 13.1. The number of carbonyl (C=O) groups is 3. The lowest BCUT2D eigenvalue weighted by Gasteiger charge is -2.42. The first-order valence-electron chi connectivity index (χ1n) is 12.2. The van der Waals surface area contributed by atoms with E-state index >= 15 is 0 Å². The third kappa shape index (κ3) is 8.86. The smallest absolute Gasteiger partial charge is 0.328 e. The molecule has 1 saturated heterocycles. The standard InChI is InChI=1S/C24H31ClN2O3.C4H4O4/c1-18(23(28)26(2)21-10-6-7-11-22(21)30-3)24(29)13-16-27(17-14-24)15-12-19-8-4-5-9-20(19)25;5-3(6)1-2-4(7)8/h4-11,18,29H,12-17H2,1-3H3;1-2H,(H,5,6)(H,7,8)/b;2-1-. The Hall–Kier alpha value is -3.40. The number of carboxylic acid groups (broad SMARTS) is 2. The van der Waals surface area contributed by atoms with E-state index in [0.717, 1.165) is 36.6 Å². The highest BCUT2D eigenvalue weighted by molar-refractivity contribution is 6.31. The zero-order valence-electron chi connectivity index (χ0n) is 21.8. The molecule has 1 heterocycles. The van der Waals surface area contributed by atoms with Crippen molar-refractivity contribution < 1.29 is 34.4 Å². The Balaban J connectivity index is 0.000000550. The predicted octanol–water partition coefficient (Wildman–Crippen LogP) is 3.73. The molecule has 0 aromatic heterocycles. The van der Waals surface area contributed by atoms with Gasteiger partial charge in [-0.2, -0.15) is 0 Å². The fraction of sp³-hybridized carbons (Fsp3) is 0.393. The third-order valence-corrected chi connectivity index (χ3v) is 7.07. The van der Waals surface area contributed by atoms with Crippen LogP contribution >= 0.6 is 11.6 Å². The number of halogens is 1. The molecule has 1 amide bonds. The number of methoxy groups -OCH3 is 1. The molecule has 38 heavy (non-hydrogen) atoms. The van der Waals surface area contributed by atoms with Gasteiger partial charge in [0.05, 0.1) is 24.3 Å². The Morgan fingerprint density at radius 2 is 1.61 bits per heavy atom. The van der Waals surface area contributed by atoms with E-state index in [4.69, 9.17) is 26.6 Å². The number of ether oxygens (including phenoxy) is 1. The number of anilines is 1. The Bertz CT molecular complexity index is 1110. The molecular formula is C28H35ClN2O7. The van der Waals surface area contributed by atoms with Gasteiger partial charge in [0.2, 0.25) is 5.91 Å². The summed E-state index contributed by atoms with van der Waals surface area (Å²) in [6, 6.07) is 15.3. The van der Waals surface area contributed by atoms with Gasteiger partial charge in [0.25, 0.3) is 0 Å². The van der Waals surface area contributed by atoms with Crippen LogP contribution in [0.1, 0.15) is 25.3 Å². The molecule has 0 radical (unpaired) electrons. The van der Waals surface area contributed by atoms with Crippen LogP contribution in [0.3, 0.4) is 0 Å². The van der Waals surface area contributed by atoms with Crippen LogP contribution in [0.15, 0.2) is 60.7 Å². The Morgan fingerprint density at radius 1 is 1.05 bits per heavy atom. The van der Waals surface area contributed by atoms with Crippen LogP contribution in [0.4, 0.5) is 5.69 Å². The van der Waals surface area contributed by atoms with Gasteiger partial charge in [-0.15, -0.1) is 0 Å². The number of hydrogen-bond acceptors (Lipinski definition) is 6. The molecule has 3 rings (SSSR count). The van der Waals surface area contributed by atoms with Crippen molar-refractivity contribution in [3.8, 4) is 5.75 Å². The number of benzene rings is 2. The SMILES string of the molecule is COc1ccccc1N(C)C(=O)C(C)C1(O)CCN(CCc2ccccc2Cl)CC1.O=C(O)/C=C\C(=O)O. The van der Waals surface area contributed by atoms with Crippen molar-refractivity contribution in [3.63, 3.8) is 0 Å². The molecule has 1 fully saturated rings. The van der Waals surface area contributed by atoms with E-state index in [0.29, 0.717) is 36.4 Å². The minimum absolute atomic E-state index is 0.105. The summed E-state index contributed by atoms with van der Waals surface area (Å²) in [5.74, 6) is -2.48. The van der Waals surface area contributed by atoms with Crippen LogP contribution < -0.4 is 9.64 Å². The van der Waals surface area contributed by atoms with Gasteiger partial charge in [-0.05, 0) is 43.0 Å². The van der Waals surface area contributed by atoms with Crippen LogP contribution in [-0.2, 0) is 20.8 Å². The average Bonchev–Trinajstić information content (AvgIpc) is 2.91. The van der Waals surface area contributed by atoms with Gasteiger partial charge >= 0.3 is 11.9 Å². The topological polar surface area (TPSA) is 128 Å². The molecule has 9 nitrogen and oxygen atoms in total. The van der Waals surface area contributed by atoms with Crippen molar-refractivity contribution in [3.05, 3.63) is 71.3 Å². The maximum absolute atomic E-state index is 13.1. The molecule has 2 aromatic rings. The largest absolute Gasteiger partial charge is 0.495 e. The lowest BCUT2D eigenvalue weighted by Crippen LogP contribution is -2.53. The van der Waals surface area contributed by atoms with Gasteiger partial charge in [0.15, 0.2) is 0 Å². The van der Waals surface area contributed by atoms with Crippen LogP contribution in [0.5, 0.6) is 5.75 Å². The van der Waals surface area contributed by atoms with E-state index in [1.807, 2.05) is 49.4 Å². The Morgan fingerprint density at radius 3 is 2.16 bits per heavy atom. The van der Waals surface area contributed by atoms with Crippen molar-refractivity contribution in [2.24, 2.45) is 5.92 Å². The summed E-state index contributed by atoms with van der Waals surface area (Å²) < 4.78 is 5.38. The van der Waals surface area contributed by atoms with Gasteiger partial charge in [0.1, 0.15) is 5.75 Å². The van der Waals surface area contributed by atoms with Gasteiger partial charge in [-0.1, -0.05) is 48.9 Å². The molecule has 0 bridgehead atoms. The highest BCUT2D eigenvalue weighted by Gasteiger charge is 2.42. The number of nitrogens with zero attached hydrogens (tertiary/aromatic N) is 2. The van der Waals surface area contributed by atoms with Crippen molar-refractivity contribution in [1.29, 1.82) is 0 Å². The van der Waals surface area contributed by atoms with Gasteiger partial charge < -0.3 is 29.9 Å². The second-order valence-electron chi connectivity index (χ2n) is 9.09. The Labute approximate surface area is 227 Å². The third-order valence-electron chi connectivity index (χ3n) is 6.70. The summed E-state index contributed by atoms with van der Waals surface area (Å²) in [5.41, 5.74) is 0.841. The molecular weight excluding hydrogens is 512 g/mol. The molecule has 3 N–H and O–H groups in total. The predicted molar refractivity (Wildman–Crippen MR) is 146 cm³/mol. The number of likely N-dealkylation sites (tertiary alicyclic amines) is 1. The van der Waals surface area contributed by atoms with Gasteiger partial charge in [0, 0.05) is 43.9 Å². The summed E-state index contributed by atoms with van der Waals surface area (Å²) >= 11 is 6.26. The average molecular weight is 547 g/mol. The first-order chi connectivity index (χ1) is 18.0. The normalized spacial score (nSPS) is 15.7. The van der Waals surface area contributed by atoms with E-state index < -0.39 is 23.5 Å². The van der Waals surface area contributed by atoms with Crippen LogP contribution in [0.25, 0.3) is 0 Å². The number of carbonyl (C=O) groups excluding carboxylic acids is 1. The molecule has 206 valence electrons. The molecule has 1 atom stereocenters. The molecule has 0 aliphatic carbocycles. The summed E-state index contributed by atoms with van der Waals surface area (Å²) in [7, 11) is 3.32. The summed E-state index contributed by atoms with van der Waals surface area (Å²) in [4.78, 5) is 36.2. The second-order valence-corrected chi connectivity index (χ2v) is 9.49. The number of carboxylic acids is 2. The van der Waals surface area contributed by atoms with E-state index in [1.165, 1.54) is 0 Å². The number of aliphatic carboxylic acids is 2. The number of piperidine rings is 1. The lowest BCUT2D eigenvalue weighted by atomic mass is 9.79. The molecule has 1 unspecified atom stereocenters. The van der Waals surface area contributed by atoms with E-state index in [1.54, 1.807) is 19.1 Å². The molecule has 10 heteroatoms. The van der Waals surface area contributed by atoms with Gasteiger partial charge in [-0.25, -0.2) is 9.59 Å². The lowest BCUT2D eigenvalue weighted by molar-refractivity contribution is -0.135. The summed E-state index contributed by atoms with van der Waals surface area (Å²) in [6.07, 6.45) is 3.14.